The molecule has 0 bridgehead atoms. The summed E-state index contributed by atoms with van der Waals surface area (Å²) in [5, 5.41) is 0. The number of hydrogen-bond acceptors (Lipinski definition) is 2. The quantitative estimate of drug-likeness (QED) is 0.818. The molecule has 2 N–H and O–H groups in total. The fraction of sp³-hybridized carbons (Fsp3) is 0.500. The van der Waals surface area contributed by atoms with Crippen LogP contribution in [-0.2, 0) is 0 Å². The van der Waals surface area contributed by atoms with Crippen molar-refractivity contribution >= 4 is 6.09 Å². The van der Waals surface area contributed by atoms with Crippen LogP contribution in [0, 0.1) is 0 Å². The molecule has 1 aromatic rings. The van der Waals surface area contributed by atoms with Gasteiger partial charge in [-0.15, -0.1) is 0 Å². The van der Waals surface area contributed by atoms with E-state index in [1.165, 1.54) is 0 Å². The lowest BCUT2D eigenvalue weighted by Gasteiger charge is -2.36. The molecule has 1 rings (SSSR count). The molecule has 0 aromatic heterocycles. The van der Waals surface area contributed by atoms with Crippen LogP contribution in [0.2, 0.25) is 0 Å². The van der Waals surface area contributed by atoms with E-state index in [0.717, 1.165) is 23.0 Å². The minimum absolute atomic E-state index is 0.335. The SMILES string of the molecule is CCC[N+](C)(C)C(C)c1cccc(OC(N)=O)c1. The predicted molar refractivity (Wildman–Crippen MR) is 72.3 cm³/mol. The Hall–Kier alpha value is -1.55. The van der Waals surface area contributed by atoms with Crippen molar-refractivity contribution in [2.45, 2.75) is 26.3 Å². The molecule has 18 heavy (non-hydrogen) atoms. The van der Waals surface area contributed by atoms with Crippen molar-refractivity contribution in [3.05, 3.63) is 29.8 Å². The number of nitrogens with two attached hydrogens (primary N) is 1. The Morgan fingerprint density at radius 3 is 2.67 bits per heavy atom. The van der Waals surface area contributed by atoms with Crippen LogP contribution in [0.15, 0.2) is 24.3 Å². The summed E-state index contributed by atoms with van der Waals surface area (Å²) in [6.45, 7) is 5.46. The number of primary amides is 1. The zero-order valence-corrected chi connectivity index (χ0v) is 11.6. The standard InChI is InChI=1S/C14H22N2O2/c1-5-9-16(3,4)11(2)12-7-6-8-13(10-12)18-14(15)17/h6-8,10-11H,5,9H2,1-4H3,(H-,15,17)/p+1. The first-order chi connectivity index (χ1) is 8.36. The maximum atomic E-state index is 10.7. The molecule has 0 aliphatic rings. The third-order valence-electron chi connectivity index (χ3n) is 3.41. The third kappa shape index (κ3) is 3.74. The average Bonchev–Trinajstić information content (AvgIpc) is 2.27. The van der Waals surface area contributed by atoms with Gasteiger partial charge in [0.05, 0.1) is 20.6 Å². The highest BCUT2D eigenvalue weighted by atomic mass is 16.5. The second-order valence-corrected chi connectivity index (χ2v) is 5.17. The molecule has 1 aromatic carbocycles. The highest BCUT2D eigenvalue weighted by Gasteiger charge is 2.24. The van der Waals surface area contributed by atoms with Crippen LogP contribution in [-0.4, -0.2) is 31.2 Å². The van der Waals surface area contributed by atoms with Crippen molar-refractivity contribution in [3.8, 4) is 5.75 Å². The highest BCUT2D eigenvalue weighted by molar-refractivity contribution is 5.68. The molecular formula is C14H23N2O2+. The van der Waals surface area contributed by atoms with Crippen LogP contribution in [0.1, 0.15) is 31.9 Å². The lowest BCUT2D eigenvalue weighted by Crippen LogP contribution is -2.42. The molecule has 0 radical (unpaired) electrons. The van der Waals surface area contributed by atoms with Crippen molar-refractivity contribution in [1.29, 1.82) is 0 Å². The molecule has 0 aliphatic heterocycles. The van der Waals surface area contributed by atoms with E-state index in [0.29, 0.717) is 11.8 Å². The second-order valence-electron chi connectivity index (χ2n) is 5.17. The molecule has 0 aliphatic carbocycles. The second kappa shape index (κ2) is 5.87. The molecule has 100 valence electrons. The van der Waals surface area contributed by atoms with Gasteiger partial charge in [0.1, 0.15) is 11.8 Å². The Bertz CT molecular complexity index is 416. The molecule has 0 saturated heterocycles. The summed E-state index contributed by atoms with van der Waals surface area (Å²) >= 11 is 0. The Labute approximate surface area is 109 Å². The Kier molecular flexibility index (Phi) is 4.73. The molecule has 0 spiro atoms. The van der Waals surface area contributed by atoms with Crippen LogP contribution < -0.4 is 10.5 Å². The van der Waals surface area contributed by atoms with Gasteiger partial charge in [0.2, 0.25) is 0 Å². The normalized spacial score (nSPS) is 13.1. The van der Waals surface area contributed by atoms with E-state index >= 15 is 0 Å². The number of hydrogen-bond donors (Lipinski definition) is 1. The maximum absolute atomic E-state index is 10.7. The first-order valence-electron chi connectivity index (χ1n) is 6.26. The third-order valence-corrected chi connectivity index (χ3v) is 3.41. The monoisotopic (exact) mass is 251 g/mol. The first-order valence-corrected chi connectivity index (χ1v) is 6.26. The Morgan fingerprint density at radius 2 is 2.11 bits per heavy atom. The lowest BCUT2D eigenvalue weighted by molar-refractivity contribution is -0.919. The van der Waals surface area contributed by atoms with Gasteiger partial charge < -0.3 is 15.0 Å². The van der Waals surface area contributed by atoms with E-state index in [-0.39, 0.29) is 0 Å². The Morgan fingerprint density at radius 1 is 1.44 bits per heavy atom. The lowest BCUT2D eigenvalue weighted by atomic mass is 10.0. The van der Waals surface area contributed by atoms with Gasteiger partial charge in [-0.2, -0.15) is 0 Å². The van der Waals surface area contributed by atoms with Crippen molar-refractivity contribution in [2.24, 2.45) is 5.73 Å². The summed E-state index contributed by atoms with van der Waals surface area (Å²) in [7, 11) is 4.41. The number of carbonyl (C=O) groups excluding carboxylic acids is 1. The summed E-state index contributed by atoms with van der Waals surface area (Å²) in [6.07, 6.45) is 0.358. The van der Waals surface area contributed by atoms with E-state index < -0.39 is 6.09 Å². The molecule has 1 amide bonds. The summed E-state index contributed by atoms with van der Waals surface area (Å²) < 4.78 is 5.81. The van der Waals surface area contributed by atoms with Crippen LogP contribution in [0.4, 0.5) is 4.79 Å². The number of ether oxygens (including phenoxy) is 1. The van der Waals surface area contributed by atoms with E-state index in [1.807, 2.05) is 18.2 Å². The van der Waals surface area contributed by atoms with Gasteiger partial charge in [-0.1, -0.05) is 19.1 Å². The van der Waals surface area contributed by atoms with Crippen LogP contribution in [0.5, 0.6) is 5.75 Å². The Balaban J connectivity index is 2.92. The highest BCUT2D eigenvalue weighted by Crippen LogP contribution is 2.27. The summed E-state index contributed by atoms with van der Waals surface area (Å²) in [6, 6.07) is 7.89. The van der Waals surface area contributed by atoms with E-state index in [9.17, 15) is 4.79 Å². The molecule has 0 heterocycles. The summed E-state index contributed by atoms with van der Waals surface area (Å²) in [5.74, 6) is 0.503. The number of quaternary nitrogens is 1. The molecular weight excluding hydrogens is 228 g/mol. The minimum atomic E-state index is -0.776. The van der Waals surface area contributed by atoms with Gasteiger partial charge in [0.15, 0.2) is 0 Å². The number of nitrogens with zero attached hydrogens (tertiary/aromatic N) is 1. The summed E-state index contributed by atoms with van der Waals surface area (Å²) in [5.41, 5.74) is 6.16. The number of rotatable bonds is 5. The molecule has 0 saturated carbocycles. The van der Waals surface area contributed by atoms with Gasteiger partial charge in [-0.05, 0) is 25.5 Å². The predicted octanol–water partition coefficient (Wildman–Crippen LogP) is 2.69. The zero-order chi connectivity index (χ0) is 13.8. The largest absolute Gasteiger partial charge is 0.410 e. The van der Waals surface area contributed by atoms with E-state index in [4.69, 9.17) is 10.5 Å². The molecule has 1 atom stereocenters. The van der Waals surface area contributed by atoms with Crippen LogP contribution in [0.25, 0.3) is 0 Å². The topological polar surface area (TPSA) is 52.3 Å². The van der Waals surface area contributed by atoms with Gasteiger partial charge in [0, 0.05) is 5.56 Å². The molecule has 0 fully saturated rings. The number of carbonyl (C=O) groups is 1. The first kappa shape index (κ1) is 14.5. The molecule has 4 heteroatoms. The summed E-state index contributed by atoms with van der Waals surface area (Å²) in [4.78, 5) is 10.7. The van der Waals surface area contributed by atoms with Gasteiger partial charge in [0.25, 0.3) is 0 Å². The van der Waals surface area contributed by atoms with Gasteiger partial charge in [-0.3, -0.25) is 0 Å². The van der Waals surface area contributed by atoms with Crippen molar-refractivity contribution in [2.75, 3.05) is 20.6 Å². The molecule has 1 unspecified atom stereocenters. The fourth-order valence-electron chi connectivity index (χ4n) is 2.13. The van der Waals surface area contributed by atoms with Crippen molar-refractivity contribution in [3.63, 3.8) is 0 Å². The number of amides is 1. The maximum Gasteiger partial charge on any atom is 0.409 e. The van der Waals surface area contributed by atoms with Crippen molar-refractivity contribution < 1.29 is 14.0 Å². The minimum Gasteiger partial charge on any atom is -0.410 e. The van der Waals surface area contributed by atoms with E-state index in [2.05, 4.69) is 27.9 Å². The number of benzene rings is 1. The fourth-order valence-corrected chi connectivity index (χ4v) is 2.13. The van der Waals surface area contributed by atoms with Crippen molar-refractivity contribution in [1.82, 2.24) is 0 Å². The smallest absolute Gasteiger partial charge is 0.409 e. The van der Waals surface area contributed by atoms with Crippen LogP contribution >= 0.6 is 0 Å². The van der Waals surface area contributed by atoms with Gasteiger partial charge >= 0.3 is 6.09 Å². The van der Waals surface area contributed by atoms with E-state index in [1.54, 1.807) is 6.07 Å². The average molecular weight is 251 g/mol. The van der Waals surface area contributed by atoms with Gasteiger partial charge in [-0.25, -0.2) is 4.79 Å². The van der Waals surface area contributed by atoms with Crippen LogP contribution in [0.3, 0.4) is 0 Å². The zero-order valence-electron chi connectivity index (χ0n) is 11.6. The molecule has 4 nitrogen and oxygen atoms in total.